The Morgan fingerprint density at radius 3 is 2.78 bits per heavy atom. The molecule has 1 aliphatic rings. The van der Waals surface area contributed by atoms with E-state index in [9.17, 15) is 14.0 Å². The van der Waals surface area contributed by atoms with Gasteiger partial charge in [0.1, 0.15) is 10.8 Å². The van der Waals surface area contributed by atoms with Gasteiger partial charge in [-0.05, 0) is 49.6 Å². The first-order valence-corrected chi connectivity index (χ1v) is 11.3. The average molecular weight is 474 g/mol. The van der Waals surface area contributed by atoms with E-state index in [0.717, 1.165) is 29.1 Å². The first kappa shape index (κ1) is 22.2. The second-order valence-electron chi connectivity index (χ2n) is 7.56. The number of carbonyl (C=O) groups excluding carboxylic acids is 2. The number of benzene rings is 2. The highest BCUT2D eigenvalue weighted by molar-refractivity contribution is 7.13. The molecule has 0 saturated carbocycles. The van der Waals surface area contributed by atoms with Gasteiger partial charge in [0.2, 0.25) is 5.01 Å². The molecule has 0 radical (unpaired) electrons. The van der Waals surface area contributed by atoms with Crippen LogP contribution in [0.5, 0.6) is 0 Å². The van der Waals surface area contributed by atoms with Gasteiger partial charge in [0.15, 0.2) is 0 Å². The van der Waals surface area contributed by atoms with Gasteiger partial charge in [-0.3, -0.25) is 4.79 Å². The van der Waals surface area contributed by atoms with E-state index in [1.165, 1.54) is 29.5 Å². The number of para-hydroxylation sites is 1. The number of hydrogen-bond acceptors (Lipinski definition) is 5. The molecular formula is C22H21ClFN5O2S. The van der Waals surface area contributed by atoms with Crippen LogP contribution in [-0.2, 0) is 0 Å². The van der Waals surface area contributed by atoms with Gasteiger partial charge in [0.05, 0.1) is 5.02 Å². The fourth-order valence-corrected chi connectivity index (χ4v) is 4.56. The lowest BCUT2D eigenvalue weighted by molar-refractivity contribution is 0.102. The van der Waals surface area contributed by atoms with Crippen molar-refractivity contribution in [1.82, 2.24) is 15.1 Å². The van der Waals surface area contributed by atoms with Crippen LogP contribution in [0.3, 0.4) is 0 Å². The number of halogens is 2. The van der Waals surface area contributed by atoms with Crippen LogP contribution in [-0.4, -0.2) is 40.1 Å². The van der Waals surface area contributed by atoms with Crippen LogP contribution < -0.4 is 10.6 Å². The molecule has 2 N–H and O–H groups in total. The molecule has 166 valence electrons. The highest BCUT2D eigenvalue weighted by atomic mass is 35.5. The number of likely N-dealkylation sites (tertiary alicyclic amines) is 1. The Balaban J connectivity index is 1.39. The monoisotopic (exact) mass is 473 g/mol. The molecular weight excluding hydrogens is 453 g/mol. The zero-order chi connectivity index (χ0) is 22.7. The van der Waals surface area contributed by atoms with E-state index in [1.807, 2.05) is 31.2 Å². The summed E-state index contributed by atoms with van der Waals surface area (Å²) in [5, 5.41) is 14.8. The highest BCUT2D eigenvalue weighted by Crippen LogP contribution is 2.30. The molecule has 0 aliphatic carbocycles. The molecule has 1 atom stereocenters. The van der Waals surface area contributed by atoms with Gasteiger partial charge in [-0.2, -0.15) is 0 Å². The third kappa shape index (κ3) is 5.05. The highest BCUT2D eigenvalue weighted by Gasteiger charge is 2.28. The third-order valence-corrected chi connectivity index (χ3v) is 6.63. The summed E-state index contributed by atoms with van der Waals surface area (Å²) in [5.74, 6) is -0.855. The van der Waals surface area contributed by atoms with Crippen LogP contribution in [0.1, 0.15) is 39.1 Å². The van der Waals surface area contributed by atoms with Crippen LogP contribution in [0.2, 0.25) is 5.02 Å². The predicted octanol–water partition coefficient (Wildman–Crippen LogP) is 5.30. The number of hydrogen-bond donors (Lipinski definition) is 2. The lowest BCUT2D eigenvalue weighted by Gasteiger charge is -2.31. The van der Waals surface area contributed by atoms with Gasteiger partial charge in [-0.15, -0.1) is 10.2 Å². The van der Waals surface area contributed by atoms with Crippen molar-refractivity contribution in [3.05, 3.63) is 68.9 Å². The average Bonchev–Trinajstić information content (AvgIpc) is 3.28. The van der Waals surface area contributed by atoms with Crippen LogP contribution in [0.15, 0.2) is 42.5 Å². The SMILES string of the molecule is Cc1ccccc1NC(=O)c1nnc(C2CCCN(C(=O)Nc3ccc(F)c(Cl)c3)C2)s1. The number of carbonyl (C=O) groups is 2. The minimum absolute atomic E-state index is 0.0104. The van der Waals surface area contributed by atoms with Crippen LogP contribution in [0.4, 0.5) is 20.6 Å². The van der Waals surface area contributed by atoms with E-state index in [2.05, 4.69) is 20.8 Å². The second kappa shape index (κ2) is 9.62. The van der Waals surface area contributed by atoms with Gasteiger partial charge in [0, 0.05) is 30.4 Å². The molecule has 4 rings (SSSR count). The van der Waals surface area contributed by atoms with Crippen LogP contribution >= 0.6 is 22.9 Å². The van der Waals surface area contributed by atoms with Gasteiger partial charge in [-0.1, -0.05) is 41.1 Å². The van der Waals surface area contributed by atoms with Gasteiger partial charge < -0.3 is 15.5 Å². The van der Waals surface area contributed by atoms with Crippen molar-refractivity contribution in [2.24, 2.45) is 0 Å². The van der Waals surface area contributed by atoms with E-state index >= 15 is 0 Å². The maximum atomic E-state index is 13.3. The topological polar surface area (TPSA) is 87.2 Å². The standard InChI is InChI=1S/C22H21ClFN5O2S/c1-13-5-2-3-7-18(13)26-19(30)21-28-27-20(32-21)14-6-4-10-29(12-14)22(31)25-15-8-9-17(24)16(23)11-15/h2-3,5,7-9,11,14H,4,6,10,12H2,1H3,(H,25,31)(H,26,30). The third-order valence-electron chi connectivity index (χ3n) is 5.26. The number of amides is 3. The molecule has 1 aliphatic heterocycles. The van der Waals surface area contributed by atoms with Crippen molar-refractivity contribution in [3.63, 3.8) is 0 Å². The summed E-state index contributed by atoms with van der Waals surface area (Å²) in [7, 11) is 0. The van der Waals surface area contributed by atoms with Gasteiger partial charge in [0.25, 0.3) is 5.91 Å². The second-order valence-corrected chi connectivity index (χ2v) is 8.98. The molecule has 0 spiro atoms. The van der Waals surface area contributed by atoms with Gasteiger partial charge >= 0.3 is 6.03 Å². The van der Waals surface area contributed by atoms with Crippen LogP contribution in [0.25, 0.3) is 0 Å². The molecule has 1 fully saturated rings. The summed E-state index contributed by atoms with van der Waals surface area (Å²) in [6.45, 7) is 2.97. The minimum Gasteiger partial charge on any atom is -0.324 e. The molecule has 3 aromatic rings. The fraction of sp³-hybridized carbons (Fsp3) is 0.273. The van der Waals surface area contributed by atoms with Gasteiger partial charge in [-0.25, -0.2) is 9.18 Å². The Hall–Kier alpha value is -3.04. The van der Waals surface area contributed by atoms with Crippen molar-refractivity contribution in [3.8, 4) is 0 Å². The molecule has 2 heterocycles. The Labute approximate surface area is 193 Å². The minimum atomic E-state index is -0.541. The Morgan fingerprint density at radius 2 is 2.00 bits per heavy atom. The largest absolute Gasteiger partial charge is 0.324 e. The van der Waals surface area contributed by atoms with E-state index in [0.29, 0.717) is 18.8 Å². The van der Waals surface area contributed by atoms with Crippen molar-refractivity contribution in [2.75, 3.05) is 23.7 Å². The summed E-state index contributed by atoms with van der Waals surface area (Å²) in [6.07, 6.45) is 1.65. The maximum Gasteiger partial charge on any atom is 0.321 e. The number of aromatic nitrogens is 2. The summed E-state index contributed by atoms with van der Waals surface area (Å²) in [6, 6.07) is 11.3. The maximum absolute atomic E-state index is 13.3. The fourth-order valence-electron chi connectivity index (χ4n) is 3.52. The number of anilines is 2. The summed E-state index contributed by atoms with van der Waals surface area (Å²) in [4.78, 5) is 26.9. The Morgan fingerprint density at radius 1 is 1.19 bits per heavy atom. The number of nitrogens with zero attached hydrogens (tertiary/aromatic N) is 3. The lowest BCUT2D eigenvalue weighted by atomic mass is 9.99. The lowest BCUT2D eigenvalue weighted by Crippen LogP contribution is -2.41. The van der Waals surface area contributed by atoms with E-state index in [-0.39, 0.29) is 27.9 Å². The number of aryl methyl sites for hydroxylation is 1. The number of rotatable bonds is 4. The van der Waals surface area contributed by atoms with E-state index in [1.54, 1.807) is 4.90 Å². The van der Waals surface area contributed by atoms with Crippen molar-refractivity contribution < 1.29 is 14.0 Å². The van der Waals surface area contributed by atoms with Crippen molar-refractivity contribution >= 4 is 46.3 Å². The van der Waals surface area contributed by atoms with Crippen molar-refractivity contribution in [2.45, 2.75) is 25.7 Å². The molecule has 2 aromatic carbocycles. The molecule has 1 saturated heterocycles. The first-order valence-electron chi connectivity index (χ1n) is 10.1. The Kier molecular flexibility index (Phi) is 6.66. The summed E-state index contributed by atoms with van der Waals surface area (Å²) in [5.41, 5.74) is 2.12. The Bertz CT molecular complexity index is 1150. The predicted molar refractivity (Wildman–Crippen MR) is 123 cm³/mol. The number of piperidine rings is 1. The molecule has 10 heteroatoms. The smallest absolute Gasteiger partial charge is 0.321 e. The quantitative estimate of drug-likeness (QED) is 0.538. The molecule has 32 heavy (non-hydrogen) atoms. The van der Waals surface area contributed by atoms with Crippen LogP contribution in [0, 0.1) is 12.7 Å². The molecule has 7 nitrogen and oxygen atoms in total. The summed E-state index contributed by atoms with van der Waals surface area (Å²) < 4.78 is 13.3. The zero-order valence-electron chi connectivity index (χ0n) is 17.3. The molecule has 0 bridgehead atoms. The number of nitrogens with one attached hydrogen (secondary N) is 2. The zero-order valence-corrected chi connectivity index (χ0v) is 18.8. The number of urea groups is 1. The molecule has 1 aromatic heterocycles. The van der Waals surface area contributed by atoms with E-state index in [4.69, 9.17) is 11.6 Å². The van der Waals surface area contributed by atoms with Crippen molar-refractivity contribution in [1.29, 1.82) is 0 Å². The molecule has 1 unspecified atom stereocenters. The summed E-state index contributed by atoms with van der Waals surface area (Å²) >= 11 is 7.03. The first-order chi connectivity index (χ1) is 15.4. The normalized spacial score (nSPS) is 16.0. The molecule has 3 amide bonds. The van der Waals surface area contributed by atoms with E-state index < -0.39 is 5.82 Å².